The smallest absolute Gasteiger partial charge is 0.416 e. The van der Waals surface area contributed by atoms with Gasteiger partial charge in [-0.15, -0.1) is 5.10 Å². The van der Waals surface area contributed by atoms with E-state index in [0.29, 0.717) is 28.4 Å². The number of aryl methyl sites for hydroxylation is 1. The Morgan fingerprint density at radius 1 is 1.28 bits per heavy atom. The molecule has 1 aliphatic heterocycles. The second-order valence-corrected chi connectivity index (χ2v) is 8.73. The summed E-state index contributed by atoms with van der Waals surface area (Å²) in [5, 5.41) is 16.3. The van der Waals surface area contributed by atoms with Crippen LogP contribution in [-0.2, 0) is 22.1 Å². The Morgan fingerprint density at radius 2 is 2.03 bits per heavy atom. The first-order chi connectivity index (χ1) is 17.1. The van der Waals surface area contributed by atoms with Crippen LogP contribution in [0.4, 0.5) is 24.8 Å². The number of hydrogen-bond acceptors (Lipinski definition) is 6. The molecule has 0 saturated heterocycles. The van der Waals surface area contributed by atoms with Crippen molar-refractivity contribution >= 4 is 33.5 Å². The number of methoxy groups -OCH3 is 1. The van der Waals surface area contributed by atoms with E-state index in [9.17, 15) is 28.0 Å². The molecule has 3 aromatic rings. The first-order valence-corrected chi connectivity index (χ1v) is 11.8. The largest absolute Gasteiger partial charge is 0.466 e. The second-order valence-electron chi connectivity index (χ2n) is 7.94. The van der Waals surface area contributed by atoms with Gasteiger partial charge in [0.1, 0.15) is 6.04 Å². The Labute approximate surface area is 211 Å². The fourth-order valence-electron chi connectivity index (χ4n) is 4.34. The van der Waals surface area contributed by atoms with Crippen LogP contribution in [0.15, 0.2) is 58.5 Å². The Morgan fingerprint density at radius 3 is 2.67 bits per heavy atom. The third-order valence-corrected chi connectivity index (χ3v) is 6.31. The first kappa shape index (κ1) is 25.2. The Bertz CT molecular complexity index is 1470. The van der Waals surface area contributed by atoms with Crippen LogP contribution in [0.25, 0.3) is 0 Å². The molecule has 1 N–H and O–H groups in total. The van der Waals surface area contributed by atoms with Crippen LogP contribution in [0.5, 0.6) is 0 Å². The maximum absolute atomic E-state index is 13.4. The molecule has 1 aromatic heterocycles. The van der Waals surface area contributed by atoms with Crippen molar-refractivity contribution in [2.24, 2.45) is 0 Å². The summed E-state index contributed by atoms with van der Waals surface area (Å²) in [6.07, 6.45) is -4.12. The molecule has 2 aromatic carbocycles. The molecule has 0 aliphatic carbocycles. The van der Waals surface area contributed by atoms with Gasteiger partial charge in [-0.25, -0.2) is 19.3 Å². The van der Waals surface area contributed by atoms with Crippen molar-refractivity contribution in [2.75, 3.05) is 17.3 Å². The van der Waals surface area contributed by atoms with Crippen molar-refractivity contribution < 1.29 is 22.7 Å². The maximum Gasteiger partial charge on any atom is 0.416 e. The van der Waals surface area contributed by atoms with Crippen LogP contribution in [0.1, 0.15) is 35.2 Å². The van der Waals surface area contributed by atoms with Crippen molar-refractivity contribution in [1.82, 2.24) is 14.8 Å². The molecule has 1 atom stereocenters. The lowest BCUT2D eigenvalue weighted by atomic mass is 9.89. The predicted molar refractivity (Wildman–Crippen MR) is 128 cm³/mol. The highest BCUT2D eigenvalue weighted by Gasteiger charge is 2.40. The fraction of sp³-hybridized carbons (Fsp3) is 0.250. The van der Waals surface area contributed by atoms with E-state index >= 15 is 0 Å². The summed E-state index contributed by atoms with van der Waals surface area (Å²) >= 11 is 3.39. The average molecular weight is 562 g/mol. The van der Waals surface area contributed by atoms with Crippen molar-refractivity contribution in [2.45, 2.75) is 25.6 Å². The number of fused-ring (bicyclic) bond motifs is 1. The molecule has 1 aliphatic rings. The van der Waals surface area contributed by atoms with Gasteiger partial charge in [0.15, 0.2) is 0 Å². The van der Waals surface area contributed by atoms with Crippen molar-refractivity contribution in [1.29, 1.82) is 5.26 Å². The molecular weight excluding hydrogens is 543 g/mol. The minimum Gasteiger partial charge on any atom is -0.466 e. The molecule has 4 rings (SSSR count). The third kappa shape index (κ3) is 4.30. The molecule has 0 amide bonds. The summed E-state index contributed by atoms with van der Waals surface area (Å²) in [6, 6.07) is 10.5. The van der Waals surface area contributed by atoms with E-state index in [4.69, 9.17) is 4.74 Å². The van der Waals surface area contributed by atoms with Crippen LogP contribution < -0.4 is 10.6 Å². The van der Waals surface area contributed by atoms with Crippen LogP contribution in [0.2, 0.25) is 0 Å². The lowest BCUT2D eigenvalue weighted by Crippen LogP contribution is -2.38. The standard InChI is InChI=1S/C24H19BrF3N5O3/c1-13-19(21(34)36-2)20(18-7-6-14(12-29)10-15(18)8-9-25)33-22(30-31-23(33)35)32(13)17-5-3-4-16(11-17)24(26,27)28/h3-7,10-11,20H,8-9H2,1-2H3,(H,31,35)/t20-/m1/s1. The molecule has 12 heteroatoms. The van der Waals surface area contributed by atoms with Crippen LogP contribution in [0, 0.1) is 11.3 Å². The van der Waals surface area contributed by atoms with Gasteiger partial charge in [0.25, 0.3) is 0 Å². The molecule has 8 nitrogen and oxygen atoms in total. The SMILES string of the molecule is COC(=O)C1=C(C)N(c2cccc(C(F)(F)F)c2)c2n[nH]c(=O)n2[C@@H]1c1ccc(C#N)cc1CCBr. The number of anilines is 2. The van der Waals surface area contributed by atoms with E-state index in [1.807, 2.05) is 0 Å². The molecule has 36 heavy (non-hydrogen) atoms. The van der Waals surface area contributed by atoms with Gasteiger partial charge in [0.2, 0.25) is 5.95 Å². The fourth-order valence-corrected chi connectivity index (χ4v) is 4.77. The summed E-state index contributed by atoms with van der Waals surface area (Å²) in [7, 11) is 1.18. The highest BCUT2D eigenvalue weighted by Crippen LogP contribution is 2.43. The van der Waals surface area contributed by atoms with E-state index in [-0.39, 0.29) is 22.9 Å². The van der Waals surface area contributed by atoms with Crippen LogP contribution >= 0.6 is 15.9 Å². The van der Waals surface area contributed by atoms with Gasteiger partial charge in [0, 0.05) is 16.7 Å². The molecule has 0 unspecified atom stereocenters. The first-order valence-electron chi connectivity index (χ1n) is 10.6. The van der Waals surface area contributed by atoms with Crippen LogP contribution in [-0.4, -0.2) is 33.2 Å². The third-order valence-electron chi connectivity index (χ3n) is 5.91. The molecule has 0 radical (unpaired) electrons. The minimum absolute atomic E-state index is 0.00336. The number of nitrogens with one attached hydrogen (secondary N) is 1. The number of carbonyl (C=O) groups excluding carboxylic acids is 1. The normalized spacial score (nSPS) is 15.5. The molecule has 0 saturated carbocycles. The second kappa shape index (κ2) is 9.66. The number of hydrogen-bond donors (Lipinski definition) is 1. The number of benzene rings is 2. The molecule has 2 heterocycles. The lowest BCUT2D eigenvalue weighted by Gasteiger charge is -2.36. The molecule has 186 valence electrons. The van der Waals surface area contributed by atoms with Gasteiger partial charge in [-0.3, -0.25) is 4.90 Å². The highest BCUT2D eigenvalue weighted by molar-refractivity contribution is 9.09. The van der Waals surface area contributed by atoms with E-state index in [1.54, 1.807) is 25.1 Å². The average Bonchev–Trinajstić information content (AvgIpc) is 3.23. The van der Waals surface area contributed by atoms with Gasteiger partial charge in [-0.2, -0.15) is 18.4 Å². The Hall–Kier alpha value is -3.85. The minimum atomic E-state index is -4.60. The van der Waals surface area contributed by atoms with Gasteiger partial charge in [-0.05, 0) is 54.8 Å². The number of allylic oxidation sites excluding steroid dienone is 1. The summed E-state index contributed by atoms with van der Waals surface area (Å²) < 4.78 is 46.6. The van der Waals surface area contributed by atoms with E-state index in [2.05, 4.69) is 32.2 Å². The van der Waals surface area contributed by atoms with Gasteiger partial charge < -0.3 is 4.74 Å². The number of nitriles is 1. The lowest BCUT2D eigenvalue weighted by molar-refractivity contribution is -0.138. The van der Waals surface area contributed by atoms with E-state index < -0.39 is 29.4 Å². The zero-order valence-electron chi connectivity index (χ0n) is 19.1. The van der Waals surface area contributed by atoms with Gasteiger partial charge in [-0.1, -0.05) is 28.1 Å². The van der Waals surface area contributed by atoms with Gasteiger partial charge >= 0.3 is 17.8 Å². The summed E-state index contributed by atoms with van der Waals surface area (Å²) in [5.74, 6) is -0.758. The summed E-state index contributed by atoms with van der Waals surface area (Å²) in [4.78, 5) is 27.4. The molecular formula is C24H19BrF3N5O3. The molecule has 0 bridgehead atoms. The summed E-state index contributed by atoms with van der Waals surface area (Å²) in [5.41, 5.74) is 0.441. The quantitative estimate of drug-likeness (QED) is 0.361. The number of H-pyrrole nitrogens is 1. The number of ether oxygens (including phenoxy) is 1. The Kier molecular flexibility index (Phi) is 6.77. The topological polar surface area (TPSA) is 104 Å². The maximum atomic E-state index is 13.4. The Balaban J connectivity index is 2.03. The zero-order chi connectivity index (χ0) is 26.2. The number of aromatic nitrogens is 3. The molecule has 0 fully saturated rings. The summed E-state index contributed by atoms with van der Waals surface area (Å²) in [6.45, 7) is 1.55. The van der Waals surface area contributed by atoms with E-state index in [0.717, 1.165) is 12.1 Å². The molecule has 0 spiro atoms. The van der Waals surface area contributed by atoms with Crippen molar-refractivity contribution in [3.63, 3.8) is 0 Å². The highest BCUT2D eigenvalue weighted by atomic mass is 79.9. The number of halogens is 4. The van der Waals surface area contributed by atoms with Crippen molar-refractivity contribution in [3.05, 3.63) is 86.5 Å². The monoisotopic (exact) mass is 561 g/mol. The number of esters is 1. The van der Waals surface area contributed by atoms with Gasteiger partial charge in [0.05, 0.1) is 29.9 Å². The number of carbonyl (C=O) groups is 1. The number of aromatic amines is 1. The van der Waals surface area contributed by atoms with Crippen molar-refractivity contribution in [3.8, 4) is 6.07 Å². The van der Waals surface area contributed by atoms with Crippen LogP contribution in [0.3, 0.4) is 0 Å². The number of rotatable bonds is 5. The zero-order valence-corrected chi connectivity index (χ0v) is 20.6. The van der Waals surface area contributed by atoms with E-state index in [1.165, 1.54) is 28.7 Å². The number of alkyl halides is 4. The number of nitrogens with zero attached hydrogens (tertiary/aromatic N) is 4. The predicted octanol–water partition coefficient (Wildman–Crippen LogP) is 4.59.